The molecular formula is C15H44S. The van der Waals surface area contributed by atoms with E-state index in [1.807, 2.05) is 0 Å². The first-order chi connectivity index (χ1) is 4.81. The summed E-state index contributed by atoms with van der Waals surface area (Å²) >= 11 is 4.17. The number of hydrogen-bond donors (Lipinski definition) is 1. The van der Waals surface area contributed by atoms with Gasteiger partial charge in [0.1, 0.15) is 0 Å². The van der Waals surface area contributed by atoms with E-state index < -0.39 is 0 Å². The quantitative estimate of drug-likeness (QED) is 0.373. The van der Waals surface area contributed by atoms with Crippen LogP contribution in [0.1, 0.15) is 90.5 Å². The van der Waals surface area contributed by atoms with Gasteiger partial charge in [-0.15, -0.1) is 0 Å². The third-order valence-electron chi connectivity index (χ3n) is 2.05. The highest BCUT2D eigenvalue weighted by atomic mass is 32.1. The number of thiol groups is 1. The van der Waals surface area contributed by atoms with E-state index in [1.165, 1.54) is 32.1 Å². The van der Waals surface area contributed by atoms with Gasteiger partial charge < -0.3 is 0 Å². The predicted molar refractivity (Wildman–Crippen MR) is 92.2 cm³/mol. The minimum Gasteiger partial charge on any atom is -0.179 e. The predicted octanol–water partition coefficient (Wildman–Crippen LogP) is 7.34. The number of rotatable bonds is 6. The van der Waals surface area contributed by atoms with Gasteiger partial charge in [-0.2, -0.15) is 12.6 Å². The van der Waals surface area contributed by atoms with Crippen molar-refractivity contribution >= 4 is 12.6 Å². The van der Waals surface area contributed by atoms with Crippen molar-refractivity contribution in [2.24, 2.45) is 5.92 Å². The Bertz CT molecular complexity index is 62.5. The Morgan fingerprint density at radius 3 is 1.56 bits per heavy atom. The highest BCUT2D eigenvalue weighted by molar-refractivity contribution is 7.80. The van der Waals surface area contributed by atoms with Gasteiger partial charge in [0, 0.05) is 0 Å². The molecule has 0 N–H and O–H groups in total. The van der Waals surface area contributed by atoms with Crippen molar-refractivity contribution in [3.05, 3.63) is 0 Å². The van der Waals surface area contributed by atoms with Crippen LogP contribution < -0.4 is 0 Å². The van der Waals surface area contributed by atoms with Gasteiger partial charge in [0.05, 0.1) is 0 Å². The average Bonchev–Trinajstić information content (AvgIpc) is 1.98. The van der Waals surface area contributed by atoms with Crippen molar-refractivity contribution < 1.29 is 0 Å². The number of hydrogen-bond acceptors (Lipinski definition) is 1. The maximum Gasteiger partial charge on any atom is -0.00979 e. The zero-order valence-corrected chi connectivity index (χ0v) is 8.16. The van der Waals surface area contributed by atoms with Crippen LogP contribution in [0.25, 0.3) is 0 Å². The van der Waals surface area contributed by atoms with Crippen LogP contribution in [0.15, 0.2) is 0 Å². The van der Waals surface area contributed by atoms with E-state index in [0.29, 0.717) is 0 Å². The lowest BCUT2D eigenvalue weighted by Gasteiger charge is -2.06. The highest BCUT2D eigenvalue weighted by Gasteiger charge is 1.96. The van der Waals surface area contributed by atoms with Crippen molar-refractivity contribution in [3.8, 4) is 0 Å². The summed E-state index contributed by atoms with van der Waals surface area (Å²) in [5, 5.41) is 0. The minimum atomic E-state index is 0. The lowest BCUT2D eigenvalue weighted by atomic mass is 10.0. The maximum atomic E-state index is 4.17. The van der Waals surface area contributed by atoms with Crippen LogP contribution in [0.5, 0.6) is 0 Å². The molecule has 1 heteroatoms. The van der Waals surface area contributed by atoms with Gasteiger partial charge in [0.15, 0.2) is 0 Å². The molecule has 0 saturated carbocycles. The Kier molecular flexibility index (Phi) is 99.6. The lowest BCUT2D eigenvalue weighted by Crippen LogP contribution is -1.91. The fourth-order valence-corrected chi connectivity index (χ4v) is 1.21. The molecule has 0 spiro atoms. The molecule has 0 fully saturated rings. The zero-order chi connectivity index (χ0) is 7.82. The Morgan fingerprint density at radius 1 is 0.812 bits per heavy atom. The Labute approximate surface area is 115 Å². The summed E-state index contributed by atoms with van der Waals surface area (Å²) in [6, 6.07) is 0. The van der Waals surface area contributed by atoms with Gasteiger partial charge in [-0.3, -0.25) is 0 Å². The summed E-state index contributed by atoms with van der Waals surface area (Å²) < 4.78 is 0. The van der Waals surface area contributed by atoms with Gasteiger partial charge in [-0.25, -0.2) is 0 Å². The van der Waals surface area contributed by atoms with E-state index in [2.05, 4.69) is 26.5 Å². The van der Waals surface area contributed by atoms with Crippen LogP contribution in [-0.4, -0.2) is 5.75 Å². The summed E-state index contributed by atoms with van der Waals surface area (Å²) in [4.78, 5) is 0. The lowest BCUT2D eigenvalue weighted by molar-refractivity contribution is 0.483. The average molecular weight is 257 g/mol. The second-order valence-corrected chi connectivity index (χ2v) is 3.53. The third-order valence-corrected chi connectivity index (χ3v) is 2.37. The van der Waals surface area contributed by atoms with Crippen LogP contribution in [0.4, 0.5) is 0 Å². The molecule has 0 heterocycles. The van der Waals surface area contributed by atoms with Crippen LogP contribution in [-0.2, 0) is 0 Å². The molecule has 110 valence electrons. The Balaban J connectivity index is -0.0000000270. The van der Waals surface area contributed by atoms with E-state index in [1.54, 1.807) is 0 Å². The maximum absolute atomic E-state index is 4.17. The van der Waals surface area contributed by atoms with Gasteiger partial charge >= 0.3 is 0 Å². The van der Waals surface area contributed by atoms with Crippen molar-refractivity contribution in [1.29, 1.82) is 0 Å². The molecule has 0 aliphatic rings. The summed E-state index contributed by atoms with van der Waals surface area (Å²) in [6.45, 7) is 4.60. The third kappa shape index (κ3) is 36.7. The van der Waals surface area contributed by atoms with Crippen molar-refractivity contribution in [2.45, 2.75) is 90.5 Å². The topological polar surface area (TPSA) is 0 Å². The molecule has 0 aromatic heterocycles. The standard InChI is InChI=1S/C9H20S.6CH4/c1-3-9(2)7-5-4-6-8-10;;;;;;/h9-10H,3-8H2,1-2H3;6*1H4. The molecule has 0 bridgehead atoms. The van der Waals surface area contributed by atoms with Gasteiger partial charge in [-0.1, -0.05) is 84.1 Å². The summed E-state index contributed by atoms with van der Waals surface area (Å²) in [5.41, 5.74) is 0. The van der Waals surface area contributed by atoms with E-state index in [9.17, 15) is 0 Å². The van der Waals surface area contributed by atoms with E-state index in [-0.39, 0.29) is 44.6 Å². The highest BCUT2D eigenvalue weighted by Crippen LogP contribution is 2.11. The first-order valence-corrected chi connectivity index (χ1v) is 5.05. The molecule has 0 amide bonds. The molecule has 16 heavy (non-hydrogen) atoms. The van der Waals surface area contributed by atoms with Crippen molar-refractivity contribution in [2.75, 3.05) is 5.75 Å². The Morgan fingerprint density at radius 2 is 1.25 bits per heavy atom. The normalized spacial score (nSPS) is 8.44. The van der Waals surface area contributed by atoms with E-state index >= 15 is 0 Å². The van der Waals surface area contributed by atoms with Crippen molar-refractivity contribution in [1.82, 2.24) is 0 Å². The molecule has 0 aliphatic carbocycles. The fraction of sp³-hybridized carbons (Fsp3) is 1.00. The first kappa shape index (κ1) is 44.1. The molecule has 0 aromatic rings. The monoisotopic (exact) mass is 256 g/mol. The largest absolute Gasteiger partial charge is 0.179 e. The molecule has 0 aromatic carbocycles. The Hall–Kier alpha value is 0.350. The second kappa shape index (κ2) is 36.2. The molecule has 0 rings (SSSR count). The summed E-state index contributed by atoms with van der Waals surface area (Å²) in [5.74, 6) is 1.99. The van der Waals surface area contributed by atoms with E-state index in [0.717, 1.165) is 11.7 Å². The van der Waals surface area contributed by atoms with Gasteiger partial charge in [0.2, 0.25) is 0 Å². The summed E-state index contributed by atoms with van der Waals surface area (Å²) in [7, 11) is 0. The fourth-order valence-electron chi connectivity index (χ4n) is 0.986. The van der Waals surface area contributed by atoms with Gasteiger partial charge in [-0.05, 0) is 18.1 Å². The minimum absolute atomic E-state index is 0. The molecule has 0 radical (unpaired) electrons. The van der Waals surface area contributed by atoms with Crippen LogP contribution in [0, 0.1) is 5.92 Å². The second-order valence-electron chi connectivity index (χ2n) is 3.09. The van der Waals surface area contributed by atoms with Gasteiger partial charge in [0.25, 0.3) is 0 Å². The molecule has 1 unspecified atom stereocenters. The van der Waals surface area contributed by atoms with Crippen LogP contribution in [0.3, 0.4) is 0 Å². The van der Waals surface area contributed by atoms with E-state index in [4.69, 9.17) is 0 Å². The molecule has 0 nitrogen and oxygen atoms in total. The molecular weight excluding hydrogens is 212 g/mol. The molecule has 0 saturated heterocycles. The first-order valence-electron chi connectivity index (χ1n) is 4.42. The number of unbranched alkanes of at least 4 members (excludes halogenated alkanes) is 2. The van der Waals surface area contributed by atoms with Crippen molar-refractivity contribution in [3.63, 3.8) is 0 Å². The zero-order valence-electron chi connectivity index (χ0n) is 7.27. The summed E-state index contributed by atoms with van der Waals surface area (Å²) in [6.07, 6.45) is 6.80. The SMILES string of the molecule is C.C.C.C.C.C.CCC(C)CCCCCS. The molecule has 1 atom stereocenters. The van der Waals surface area contributed by atoms with Crippen LogP contribution in [0.2, 0.25) is 0 Å². The molecule has 0 aliphatic heterocycles. The van der Waals surface area contributed by atoms with Crippen LogP contribution >= 0.6 is 12.6 Å². The smallest absolute Gasteiger partial charge is 0.00979 e.